The predicted molar refractivity (Wildman–Crippen MR) is 203 cm³/mol. The average molecular weight is 796 g/mol. The smallest absolute Gasteiger partial charge is 0.254 e. The average Bonchev–Trinajstić information content (AvgIpc) is 3.49. The van der Waals surface area contributed by atoms with Crippen LogP contribution in [0.4, 0.5) is 0 Å². The molecule has 0 spiro atoms. The summed E-state index contributed by atoms with van der Waals surface area (Å²) >= 11 is 0. The Morgan fingerprint density at radius 1 is 0.566 bits per heavy atom. The van der Waals surface area contributed by atoms with Crippen LogP contribution < -0.4 is 5.32 Å². The van der Waals surface area contributed by atoms with Crippen molar-refractivity contribution in [1.82, 2.24) is 40.1 Å². The van der Waals surface area contributed by atoms with Crippen LogP contribution in [-0.4, -0.2) is 65.6 Å². The first-order valence-corrected chi connectivity index (χ1v) is 15.8. The van der Waals surface area contributed by atoms with Crippen LogP contribution in [0.1, 0.15) is 26.0 Å². The second-order valence-electron chi connectivity index (χ2n) is 10.8. The summed E-state index contributed by atoms with van der Waals surface area (Å²) < 4.78 is 0. The fourth-order valence-corrected chi connectivity index (χ4v) is 4.64. The van der Waals surface area contributed by atoms with E-state index in [1.54, 1.807) is 37.2 Å². The molecule has 0 saturated heterocycles. The van der Waals surface area contributed by atoms with Crippen LogP contribution in [-0.2, 0) is 40.3 Å². The maximum Gasteiger partial charge on any atom is 0.254 e. The molecule has 0 unspecified atom stereocenters. The molecule has 0 bridgehead atoms. The number of amides is 3. The summed E-state index contributed by atoms with van der Waals surface area (Å²) in [6.07, 6.45) is 13.5. The molecule has 0 aliphatic carbocycles. The molecule has 7 heterocycles. The summed E-state index contributed by atoms with van der Waals surface area (Å²) in [4.78, 5) is 61.1. The summed E-state index contributed by atoms with van der Waals surface area (Å²) in [5, 5.41) is 2.72. The first-order valence-electron chi connectivity index (χ1n) is 15.8. The molecule has 1 aliphatic heterocycles. The Morgan fingerprint density at radius 3 is 1.40 bits per heavy atom. The zero-order valence-corrected chi connectivity index (χ0v) is 29.4. The molecular weight excluding hydrogens is 754 g/mol. The molecule has 11 nitrogen and oxygen atoms in total. The van der Waals surface area contributed by atoms with Gasteiger partial charge in [0, 0.05) is 75.4 Å². The van der Waals surface area contributed by atoms with Gasteiger partial charge in [0.15, 0.2) is 0 Å². The number of carbonyl (C=O) groups is 3. The SMILES string of the molecule is C.C.Cc1ccnc(-c2cc(CCNC(=O)CN3C(=O)C=CC3=O)ccn2)c1.[Ru].c1ccc(-c2ccccn2)nc1.c1ccc(-c2ccccn2)nc1. The monoisotopic (exact) mass is 796 g/mol. The first-order chi connectivity index (χ1) is 24.5. The summed E-state index contributed by atoms with van der Waals surface area (Å²) in [5.41, 5.74) is 7.35. The number of nitrogens with zero attached hydrogens (tertiary/aromatic N) is 7. The molecule has 12 heteroatoms. The van der Waals surface area contributed by atoms with E-state index in [-0.39, 0.29) is 46.8 Å². The number of aromatic nitrogens is 6. The van der Waals surface area contributed by atoms with Crippen LogP contribution >= 0.6 is 0 Å². The Morgan fingerprint density at radius 2 is 0.981 bits per heavy atom. The van der Waals surface area contributed by atoms with E-state index in [4.69, 9.17) is 0 Å². The molecular formula is C41H42N8O3Ru. The number of pyridine rings is 6. The molecule has 272 valence electrons. The predicted octanol–water partition coefficient (Wildman–Crippen LogP) is 6.59. The van der Waals surface area contributed by atoms with Crippen molar-refractivity contribution in [3.63, 3.8) is 0 Å². The van der Waals surface area contributed by atoms with Crippen LogP contribution in [0, 0.1) is 6.92 Å². The zero-order chi connectivity index (χ0) is 35.0. The number of hydrogen-bond acceptors (Lipinski definition) is 9. The van der Waals surface area contributed by atoms with E-state index in [9.17, 15) is 14.4 Å². The molecule has 6 aromatic rings. The largest absolute Gasteiger partial charge is 0.354 e. The normalized spacial score (nSPS) is 10.9. The minimum Gasteiger partial charge on any atom is -0.354 e. The van der Waals surface area contributed by atoms with Crippen molar-refractivity contribution in [3.05, 3.63) is 158 Å². The maximum atomic E-state index is 11.9. The van der Waals surface area contributed by atoms with Gasteiger partial charge in [-0.1, -0.05) is 39.1 Å². The van der Waals surface area contributed by atoms with Crippen LogP contribution in [0.2, 0.25) is 0 Å². The van der Waals surface area contributed by atoms with Crippen LogP contribution in [0.15, 0.2) is 146 Å². The van der Waals surface area contributed by atoms with Crippen molar-refractivity contribution in [1.29, 1.82) is 0 Å². The molecule has 0 radical (unpaired) electrons. The molecule has 0 saturated carbocycles. The third-order valence-corrected chi connectivity index (χ3v) is 7.12. The Bertz CT molecular complexity index is 1870. The maximum absolute atomic E-state index is 11.9. The number of rotatable bonds is 8. The van der Waals surface area contributed by atoms with E-state index in [0.29, 0.717) is 13.0 Å². The minimum absolute atomic E-state index is 0. The molecule has 1 aliphatic rings. The van der Waals surface area contributed by atoms with E-state index >= 15 is 0 Å². The molecule has 0 aromatic carbocycles. The van der Waals surface area contributed by atoms with Crippen molar-refractivity contribution < 1.29 is 33.9 Å². The van der Waals surface area contributed by atoms with Gasteiger partial charge >= 0.3 is 0 Å². The van der Waals surface area contributed by atoms with Gasteiger partial charge in [0.05, 0.1) is 34.2 Å². The first kappa shape index (κ1) is 43.0. The molecule has 0 atom stereocenters. The molecule has 3 amide bonds. The van der Waals surface area contributed by atoms with Gasteiger partial charge in [0.25, 0.3) is 11.8 Å². The third-order valence-electron chi connectivity index (χ3n) is 7.12. The second-order valence-corrected chi connectivity index (χ2v) is 10.8. The Kier molecular flexibility index (Phi) is 18.4. The van der Waals surface area contributed by atoms with Gasteiger partial charge in [-0.3, -0.25) is 49.2 Å². The summed E-state index contributed by atoms with van der Waals surface area (Å²) in [6.45, 7) is 2.13. The quantitative estimate of drug-likeness (QED) is 0.133. The fourth-order valence-electron chi connectivity index (χ4n) is 4.64. The fraction of sp³-hybridized carbons (Fsp3) is 0.146. The van der Waals surface area contributed by atoms with Gasteiger partial charge in [-0.2, -0.15) is 0 Å². The van der Waals surface area contributed by atoms with Gasteiger partial charge in [-0.05, 0) is 97.3 Å². The second kappa shape index (κ2) is 22.6. The molecule has 1 N–H and O–H groups in total. The van der Waals surface area contributed by atoms with Crippen molar-refractivity contribution >= 4 is 17.7 Å². The Balaban J connectivity index is 0.000000301. The summed E-state index contributed by atoms with van der Waals surface area (Å²) in [6, 6.07) is 30.9. The number of nitrogens with one attached hydrogen (secondary N) is 1. The number of carbonyl (C=O) groups excluding carboxylic acids is 3. The van der Waals surface area contributed by atoms with E-state index in [1.807, 2.05) is 104 Å². The van der Waals surface area contributed by atoms with Gasteiger partial charge in [-0.25, -0.2) is 0 Å². The summed E-state index contributed by atoms with van der Waals surface area (Å²) in [7, 11) is 0. The summed E-state index contributed by atoms with van der Waals surface area (Å²) in [5.74, 6) is -1.30. The van der Waals surface area contributed by atoms with E-state index < -0.39 is 11.8 Å². The third kappa shape index (κ3) is 13.5. The molecule has 6 aromatic heterocycles. The van der Waals surface area contributed by atoms with Crippen molar-refractivity contribution in [2.45, 2.75) is 28.2 Å². The zero-order valence-electron chi connectivity index (χ0n) is 27.7. The van der Waals surface area contributed by atoms with Gasteiger partial charge in [0.1, 0.15) is 6.54 Å². The van der Waals surface area contributed by atoms with Crippen molar-refractivity contribution in [3.8, 4) is 34.2 Å². The Hall–Kier alpha value is -6.13. The van der Waals surface area contributed by atoms with Crippen LogP contribution in [0.5, 0.6) is 0 Å². The van der Waals surface area contributed by atoms with Gasteiger partial charge in [-0.15, -0.1) is 0 Å². The molecule has 7 rings (SSSR count). The Labute approximate surface area is 323 Å². The number of hydrogen-bond donors (Lipinski definition) is 1. The topological polar surface area (TPSA) is 144 Å². The standard InChI is InChI=1S/C19H18N4O3.2C10H8N2.2CH4.Ru/c1-13-4-7-20-15(10-13)16-11-14(5-8-21-16)6-9-22-17(24)12-23-18(25)2-3-19(23)26;2*1-3-7-11-9(5-1)10-6-2-4-8-12-10;;;/h2-5,7-8,10-11H,6,9,12H2,1H3,(H,22,24);2*1-8H;2*1H4;. The van der Waals surface area contributed by atoms with Crippen LogP contribution in [0.25, 0.3) is 34.2 Å². The minimum atomic E-state index is -0.463. The molecule has 53 heavy (non-hydrogen) atoms. The van der Waals surface area contributed by atoms with Gasteiger partial charge in [0.2, 0.25) is 5.91 Å². The van der Waals surface area contributed by atoms with Crippen molar-refractivity contribution in [2.24, 2.45) is 0 Å². The number of aryl methyl sites for hydroxylation is 1. The van der Waals surface area contributed by atoms with Gasteiger partial charge < -0.3 is 5.32 Å². The van der Waals surface area contributed by atoms with E-state index in [0.717, 1.165) is 62.3 Å². The van der Waals surface area contributed by atoms with E-state index in [1.165, 1.54) is 0 Å². The van der Waals surface area contributed by atoms with Crippen LogP contribution in [0.3, 0.4) is 0 Å². The van der Waals surface area contributed by atoms with E-state index in [2.05, 4.69) is 35.2 Å². The number of imide groups is 1. The molecule has 0 fully saturated rings. The van der Waals surface area contributed by atoms with Crippen molar-refractivity contribution in [2.75, 3.05) is 13.1 Å².